The fourth-order valence-electron chi connectivity index (χ4n) is 3.66. The molecule has 0 unspecified atom stereocenters. The maximum absolute atomic E-state index is 12.7. The highest BCUT2D eigenvalue weighted by molar-refractivity contribution is 7.15. The standard InChI is InChI=1S/C25H27N5O3S/c1-14(2)22(32)26-19-7-5-6-17(11-19)23(33)27-25-29-28-24(34-25)18-12-21(31)30(13-18)20-9-8-15(3)16(4)10-20/h5-11,14,18H,12-13H2,1-4H3,(H,26,32)(H,27,29,33)/t18-/m1/s1. The van der Waals surface area contributed by atoms with E-state index in [2.05, 4.69) is 20.8 Å². The van der Waals surface area contributed by atoms with Crippen molar-refractivity contribution in [3.63, 3.8) is 0 Å². The lowest BCUT2D eigenvalue weighted by molar-refractivity contribution is -0.119. The molecule has 34 heavy (non-hydrogen) atoms. The van der Waals surface area contributed by atoms with Crippen LogP contribution in [0, 0.1) is 19.8 Å². The monoisotopic (exact) mass is 477 g/mol. The van der Waals surface area contributed by atoms with Crippen LogP contribution in [0.4, 0.5) is 16.5 Å². The van der Waals surface area contributed by atoms with Crippen molar-refractivity contribution in [2.24, 2.45) is 5.92 Å². The number of carbonyl (C=O) groups is 3. The Balaban J connectivity index is 1.42. The smallest absolute Gasteiger partial charge is 0.257 e. The van der Waals surface area contributed by atoms with E-state index in [4.69, 9.17) is 0 Å². The van der Waals surface area contributed by atoms with Gasteiger partial charge >= 0.3 is 0 Å². The molecule has 0 bridgehead atoms. The predicted octanol–water partition coefficient (Wildman–Crippen LogP) is 4.52. The van der Waals surface area contributed by atoms with E-state index in [1.54, 1.807) is 43.0 Å². The largest absolute Gasteiger partial charge is 0.326 e. The first-order valence-corrected chi connectivity index (χ1v) is 12.0. The third-order valence-corrected chi connectivity index (χ3v) is 6.86. The molecule has 1 atom stereocenters. The Labute approximate surface area is 202 Å². The van der Waals surface area contributed by atoms with Crippen LogP contribution in [-0.2, 0) is 9.59 Å². The van der Waals surface area contributed by atoms with Gasteiger partial charge in [0, 0.05) is 41.7 Å². The van der Waals surface area contributed by atoms with E-state index >= 15 is 0 Å². The minimum Gasteiger partial charge on any atom is -0.326 e. The molecule has 0 radical (unpaired) electrons. The summed E-state index contributed by atoms with van der Waals surface area (Å²) < 4.78 is 0. The second-order valence-corrected chi connectivity index (χ2v) is 9.81. The van der Waals surface area contributed by atoms with Crippen LogP contribution in [0.15, 0.2) is 42.5 Å². The minimum atomic E-state index is -0.345. The Morgan fingerprint density at radius 2 is 1.85 bits per heavy atom. The average Bonchev–Trinajstić information content (AvgIpc) is 3.42. The number of rotatable bonds is 6. The summed E-state index contributed by atoms with van der Waals surface area (Å²) in [6.45, 7) is 8.21. The Kier molecular flexibility index (Phi) is 6.74. The van der Waals surface area contributed by atoms with Gasteiger partial charge in [0.05, 0.1) is 0 Å². The van der Waals surface area contributed by atoms with Crippen molar-refractivity contribution in [2.45, 2.75) is 40.0 Å². The van der Waals surface area contributed by atoms with Gasteiger partial charge in [0.25, 0.3) is 5.91 Å². The van der Waals surface area contributed by atoms with Crippen LogP contribution in [0.25, 0.3) is 0 Å². The van der Waals surface area contributed by atoms with Crippen LogP contribution in [-0.4, -0.2) is 34.5 Å². The zero-order chi connectivity index (χ0) is 24.4. The minimum absolute atomic E-state index is 0.0503. The van der Waals surface area contributed by atoms with Gasteiger partial charge in [0.1, 0.15) is 5.01 Å². The van der Waals surface area contributed by atoms with Crippen LogP contribution >= 0.6 is 11.3 Å². The van der Waals surface area contributed by atoms with E-state index in [9.17, 15) is 14.4 Å². The van der Waals surface area contributed by atoms with Crippen LogP contribution in [0.1, 0.15) is 52.7 Å². The Hall–Kier alpha value is -3.59. The summed E-state index contributed by atoms with van der Waals surface area (Å²) in [7, 11) is 0. The Bertz CT molecular complexity index is 1250. The number of benzene rings is 2. The first kappa shape index (κ1) is 23.6. The van der Waals surface area contributed by atoms with Crippen LogP contribution in [0.3, 0.4) is 0 Å². The Morgan fingerprint density at radius 3 is 2.59 bits per heavy atom. The Morgan fingerprint density at radius 1 is 1.06 bits per heavy atom. The number of hydrogen-bond acceptors (Lipinski definition) is 6. The fourth-order valence-corrected chi connectivity index (χ4v) is 4.49. The van der Waals surface area contributed by atoms with Gasteiger partial charge in [-0.25, -0.2) is 0 Å². The molecule has 4 rings (SSSR count). The molecule has 176 valence electrons. The number of amides is 3. The molecule has 0 spiro atoms. The lowest BCUT2D eigenvalue weighted by atomic mass is 10.1. The van der Waals surface area contributed by atoms with E-state index in [1.807, 2.05) is 32.0 Å². The van der Waals surface area contributed by atoms with E-state index in [0.29, 0.717) is 34.4 Å². The second kappa shape index (κ2) is 9.72. The summed E-state index contributed by atoms with van der Waals surface area (Å²) in [6, 6.07) is 12.7. The van der Waals surface area contributed by atoms with Gasteiger partial charge in [-0.05, 0) is 55.3 Å². The van der Waals surface area contributed by atoms with E-state index in [1.165, 1.54) is 16.9 Å². The molecule has 0 aliphatic carbocycles. The van der Waals surface area contributed by atoms with Gasteiger partial charge in [-0.1, -0.05) is 37.3 Å². The summed E-state index contributed by atoms with van der Waals surface area (Å²) in [6.07, 6.45) is 0.354. The topological polar surface area (TPSA) is 104 Å². The predicted molar refractivity (Wildman–Crippen MR) is 133 cm³/mol. The third-order valence-electron chi connectivity index (χ3n) is 5.85. The van der Waals surface area contributed by atoms with Crippen molar-refractivity contribution < 1.29 is 14.4 Å². The van der Waals surface area contributed by atoms with Gasteiger partial charge in [0.2, 0.25) is 16.9 Å². The zero-order valence-electron chi connectivity index (χ0n) is 19.6. The highest BCUT2D eigenvalue weighted by Gasteiger charge is 2.34. The summed E-state index contributed by atoms with van der Waals surface area (Å²) in [5.74, 6) is -0.651. The molecule has 1 aliphatic heterocycles. The number of carbonyl (C=O) groups excluding carboxylic acids is 3. The lowest BCUT2D eigenvalue weighted by Crippen LogP contribution is -2.24. The van der Waals surface area contributed by atoms with Crippen molar-refractivity contribution in [3.8, 4) is 0 Å². The molecule has 1 aliphatic rings. The van der Waals surface area contributed by atoms with Gasteiger partial charge in [0.15, 0.2) is 0 Å². The van der Waals surface area contributed by atoms with Crippen molar-refractivity contribution in [3.05, 3.63) is 64.2 Å². The van der Waals surface area contributed by atoms with Crippen molar-refractivity contribution in [1.82, 2.24) is 10.2 Å². The highest BCUT2D eigenvalue weighted by Crippen LogP contribution is 2.35. The van der Waals surface area contributed by atoms with Gasteiger partial charge in [-0.2, -0.15) is 0 Å². The molecule has 0 saturated carbocycles. The maximum Gasteiger partial charge on any atom is 0.257 e. The summed E-state index contributed by atoms with van der Waals surface area (Å²) >= 11 is 1.27. The number of anilines is 3. The quantitative estimate of drug-likeness (QED) is 0.543. The van der Waals surface area contributed by atoms with E-state index < -0.39 is 0 Å². The van der Waals surface area contributed by atoms with Gasteiger partial charge in [-0.3, -0.25) is 19.7 Å². The van der Waals surface area contributed by atoms with Crippen LogP contribution in [0.5, 0.6) is 0 Å². The fraction of sp³-hybridized carbons (Fsp3) is 0.320. The number of hydrogen-bond donors (Lipinski definition) is 2. The molecule has 8 nitrogen and oxygen atoms in total. The number of nitrogens with one attached hydrogen (secondary N) is 2. The van der Waals surface area contributed by atoms with Crippen LogP contribution in [0.2, 0.25) is 0 Å². The molecule has 3 amide bonds. The average molecular weight is 478 g/mol. The molecule has 3 aromatic rings. The molecular weight excluding hydrogens is 450 g/mol. The van der Waals surface area contributed by atoms with Crippen molar-refractivity contribution in [1.29, 1.82) is 0 Å². The third kappa shape index (κ3) is 5.14. The number of aromatic nitrogens is 2. The SMILES string of the molecule is Cc1ccc(N2C[C@H](c3nnc(NC(=O)c4cccc(NC(=O)C(C)C)c4)s3)CC2=O)cc1C. The molecule has 9 heteroatoms. The lowest BCUT2D eigenvalue weighted by Gasteiger charge is -2.17. The zero-order valence-corrected chi connectivity index (χ0v) is 20.4. The highest BCUT2D eigenvalue weighted by atomic mass is 32.1. The van der Waals surface area contributed by atoms with E-state index in [-0.39, 0.29) is 29.6 Å². The van der Waals surface area contributed by atoms with Crippen LogP contribution < -0.4 is 15.5 Å². The van der Waals surface area contributed by atoms with Crippen molar-refractivity contribution in [2.75, 3.05) is 22.1 Å². The summed E-state index contributed by atoms with van der Waals surface area (Å²) in [5, 5.41) is 15.0. The second-order valence-electron chi connectivity index (χ2n) is 8.80. The first-order chi connectivity index (χ1) is 16.2. The summed E-state index contributed by atoms with van der Waals surface area (Å²) in [5.41, 5.74) is 4.17. The molecule has 1 saturated heterocycles. The maximum atomic E-state index is 12.7. The van der Waals surface area contributed by atoms with Gasteiger partial charge in [-0.15, -0.1) is 10.2 Å². The molecule has 2 heterocycles. The van der Waals surface area contributed by atoms with E-state index in [0.717, 1.165) is 11.3 Å². The summed E-state index contributed by atoms with van der Waals surface area (Å²) in [4.78, 5) is 39.1. The molecule has 2 aromatic carbocycles. The molecular formula is C25H27N5O3S. The molecule has 1 aromatic heterocycles. The molecule has 2 N–H and O–H groups in total. The molecule has 1 fully saturated rings. The normalized spacial score (nSPS) is 15.6. The number of nitrogens with zero attached hydrogens (tertiary/aromatic N) is 3. The first-order valence-electron chi connectivity index (χ1n) is 11.1. The number of aryl methyl sites for hydroxylation is 2. The van der Waals surface area contributed by atoms with Crippen molar-refractivity contribution >= 4 is 45.6 Å². The van der Waals surface area contributed by atoms with Gasteiger partial charge < -0.3 is 10.2 Å².